The molecule has 0 fully saturated rings. The maximum Gasteiger partial charge on any atom is 0.411 e. The van der Waals surface area contributed by atoms with Crippen molar-refractivity contribution in [1.82, 2.24) is 0 Å². The number of amides is 1. The zero-order chi connectivity index (χ0) is 13.7. The van der Waals surface area contributed by atoms with E-state index in [1.807, 2.05) is 30.3 Å². The fraction of sp³-hybridized carbons (Fsp3) is 0.0714. The normalized spacial score (nSPS) is 10.0. The van der Waals surface area contributed by atoms with Crippen molar-refractivity contribution in [2.45, 2.75) is 6.61 Å². The van der Waals surface area contributed by atoms with Crippen LogP contribution >= 0.6 is 27.5 Å². The van der Waals surface area contributed by atoms with Gasteiger partial charge >= 0.3 is 6.09 Å². The van der Waals surface area contributed by atoms with Crippen molar-refractivity contribution in [3.05, 3.63) is 63.6 Å². The molecule has 2 aromatic rings. The fourth-order valence-corrected chi connectivity index (χ4v) is 2.36. The average Bonchev–Trinajstić information content (AvgIpc) is 2.36. The van der Waals surface area contributed by atoms with Gasteiger partial charge in [-0.1, -0.05) is 57.9 Å². The molecule has 0 aliphatic carbocycles. The zero-order valence-corrected chi connectivity index (χ0v) is 12.2. The first-order valence-electron chi connectivity index (χ1n) is 5.57. The predicted molar refractivity (Wildman–Crippen MR) is 79.4 cm³/mol. The highest BCUT2D eigenvalue weighted by molar-refractivity contribution is 9.10. The molecule has 0 unspecified atom stereocenters. The molecule has 0 atom stereocenters. The van der Waals surface area contributed by atoms with E-state index in [1.165, 1.54) is 0 Å². The van der Waals surface area contributed by atoms with Crippen LogP contribution in [-0.2, 0) is 11.3 Å². The number of hydrogen-bond acceptors (Lipinski definition) is 2. The lowest BCUT2D eigenvalue weighted by molar-refractivity contribution is 0.155. The van der Waals surface area contributed by atoms with Gasteiger partial charge in [0.05, 0.1) is 0 Å². The van der Waals surface area contributed by atoms with E-state index in [9.17, 15) is 4.79 Å². The largest absolute Gasteiger partial charge is 0.444 e. The summed E-state index contributed by atoms with van der Waals surface area (Å²) in [7, 11) is 0. The lowest BCUT2D eigenvalue weighted by Crippen LogP contribution is -2.13. The summed E-state index contributed by atoms with van der Waals surface area (Å²) in [5, 5.41) is 3.15. The van der Waals surface area contributed by atoms with Crippen molar-refractivity contribution in [3.63, 3.8) is 0 Å². The molecule has 2 aromatic carbocycles. The number of carbonyl (C=O) groups excluding carboxylic acids is 1. The van der Waals surface area contributed by atoms with Crippen LogP contribution in [0.1, 0.15) is 5.56 Å². The van der Waals surface area contributed by atoms with Crippen LogP contribution in [0.4, 0.5) is 10.5 Å². The lowest BCUT2D eigenvalue weighted by Gasteiger charge is -2.07. The summed E-state index contributed by atoms with van der Waals surface area (Å²) in [6, 6.07) is 14.6. The molecule has 5 heteroatoms. The third-order valence-corrected chi connectivity index (χ3v) is 3.00. The van der Waals surface area contributed by atoms with Gasteiger partial charge in [0.1, 0.15) is 6.61 Å². The molecule has 1 amide bonds. The smallest absolute Gasteiger partial charge is 0.411 e. The summed E-state index contributed by atoms with van der Waals surface area (Å²) in [5.41, 5.74) is 1.52. The van der Waals surface area contributed by atoms with E-state index in [2.05, 4.69) is 21.2 Å². The first-order valence-corrected chi connectivity index (χ1v) is 6.74. The molecule has 2 rings (SSSR count). The van der Waals surface area contributed by atoms with Gasteiger partial charge in [0, 0.05) is 15.2 Å². The van der Waals surface area contributed by atoms with Gasteiger partial charge in [-0.05, 0) is 23.8 Å². The van der Waals surface area contributed by atoms with E-state index in [-0.39, 0.29) is 6.61 Å². The predicted octanol–water partition coefficient (Wildman–Crippen LogP) is 4.85. The summed E-state index contributed by atoms with van der Waals surface area (Å²) in [6.07, 6.45) is -0.516. The van der Waals surface area contributed by atoms with E-state index >= 15 is 0 Å². The monoisotopic (exact) mass is 339 g/mol. The Morgan fingerprint density at radius 3 is 2.63 bits per heavy atom. The molecular formula is C14H11BrClNO2. The van der Waals surface area contributed by atoms with Crippen LogP contribution in [0.25, 0.3) is 0 Å². The number of ether oxygens (including phenoxy) is 1. The number of nitrogens with one attached hydrogen (secondary N) is 1. The van der Waals surface area contributed by atoms with E-state index in [4.69, 9.17) is 16.3 Å². The molecule has 0 aliphatic heterocycles. The minimum Gasteiger partial charge on any atom is -0.444 e. The van der Waals surface area contributed by atoms with Crippen LogP contribution in [0.3, 0.4) is 0 Å². The Hall–Kier alpha value is -1.52. The summed E-state index contributed by atoms with van der Waals surface area (Å²) in [6.45, 7) is 0.231. The third kappa shape index (κ3) is 4.58. The summed E-state index contributed by atoms with van der Waals surface area (Å²) in [4.78, 5) is 11.6. The van der Waals surface area contributed by atoms with Crippen molar-refractivity contribution < 1.29 is 9.53 Å². The maximum atomic E-state index is 11.6. The number of hydrogen-bond donors (Lipinski definition) is 1. The molecule has 98 valence electrons. The molecule has 0 saturated carbocycles. The van der Waals surface area contributed by atoms with Crippen LogP contribution in [-0.4, -0.2) is 6.09 Å². The highest BCUT2D eigenvalue weighted by Crippen LogP contribution is 2.23. The first kappa shape index (κ1) is 13.9. The maximum absolute atomic E-state index is 11.6. The van der Waals surface area contributed by atoms with Crippen LogP contribution in [0.2, 0.25) is 5.02 Å². The summed E-state index contributed by atoms with van der Waals surface area (Å²) >= 11 is 9.19. The quantitative estimate of drug-likeness (QED) is 0.867. The van der Waals surface area contributed by atoms with E-state index in [0.29, 0.717) is 10.7 Å². The number of benzene rings is 2. The van der Waals surface area contributed by atoms with Gasteiger partial charge in [-0.25, -0.2) is 4.79 Å². The van der Waals surface area contributed by atoms with E-state index in [0.717, 1.165) is 10.0 Å². The molecule has 0 bridgehead atoms. The van der Waals surface area contributed by atoms with Gasteiger partial charge in [-0.15, -0.1) is 0 Å². The topological polar surface area (TPSA) is 38.3 Å². The van der Waals surface area contributed by atoms with Crippen molar-refractivity contribution in [3.8, 4) is 0 Å². The number of halogens is 2. The highest BCUT2D eigenvalue weighted by atomic mass is 79.9. The molecule has 0 saturated heterocycles. The standard InChI is InChI=1S/C14H11BrClNO2/c15-11-6-12(16)8-13(7-11)17-14(18)19-9-10-4-2-1-3-5-10/h1-8H,9H2,(H,17,18). The Morgan fingerprint density at radius 2 is 1.95 bits per heavy atom. The van der Waals surface area contributed by atoms with Gasteiger partial charge in [0.15, 0.2) is 0 Å². The Labute approximate surface area is 124 Å². The van der Waals surface area contributed by atoms with Crippen LogP contribution in [0.15, 0.2) is 53.0 Å². The number of carbonyl (C=O) groups is 1. The molecule has 0 aromatic heterocycles. The second-order valence-corrected chi connectivity index (χ2v) is 5.20. The van der Waals surface area contributed by atoms with E-state index < -0.39 is 6.09 Å². The Bertz CT molecular complexity index is 555. The average molecular weight is 341 g/mol. The van der Waals surface area contributed by atoms with Crippen molar-refractivity contribution in [2.75, 3.05) is 5.32 Å². The minimum atomic E-state index is -0.516. The molecule has 3 nitrogen and oxygen atoms in total. The van der Waals surface area contributed by atoms with Crippen LogP contribution in [0, 0.1) is 0 Å². The van der Waals surface area contributed by atoms with Gasteiger partial charge in [0.2, 0.25) is 0 Å². The van der Waals surface area contributed by atoms with Crippen molar-refractivity contribution >= 4 is 39.3 Å². The summed E-state index contributed by atoms with van der Waals surface area (Å²) < 4.78 is 5.89. The Morgan fingerprint density at radius 1 is 1.21 bits per heavy atom. The van der Waals surface area contributed by atoms with Gasteiger partial charge in [-0.3, -0.25) is 5.32 Å². The van der Waals surface area contributed by atoms with Gasteiger partial charge in [0.25, 0.3) is 0 Å². The molecule has 1 N–H and O–H groups in total. The second kappa shape index (κ2) is 6.59. The zero-order valence-electron chi connectivity index (χ0n) is 9.90. The number of rotatable bonds is 3. The Balaban J connectivity index is 1.91. The van der Waals surface area contributed by atoms with Gasteiger partial charge < -0.3 is 4.74 Å². The third-order valence-electron chi connectivity index (χ3n) is 2.32. The summed E-state index contributed by atoms with van der Waals surface area (Å²) in [5.74, 6) is 0. The van der Waals surface area contributed by atoms with Gasteiger partial charge in [-0.2, -0.15) is 0 Å². The number of anilines is 1. The molecule has 19 heavy (non-hydrogen) atoms. The van der Waals surface area contributed by atoms with E-state index in [1.54, 1.807) is 18.2 Å². The second-order valence-electron chi connectivity index (χ2n) is 3.84. The molecule has 0 heterocycles. The SMILES string of the molecule is O=C(Nc1cc(Cl)cc(Br)c1)OCc1ccccc1. The molecular weight excluding hydrogens is 330 g/mol. The van der Waals surface area contributed by atoms with Crippen LogP contribution in [0.5, 0.6) is 0 Å². The molecule has 0 aliphatic rings. The fourth-order valence-electron chi connectivity index (χ4n) is 1.50. The molecule has 0 spiro atoms. The highest BCUT2D eigenvalue weighted by Gasteiger charge is 2.05. The van der Waals surface area contributed by atoms with Crippen LogP contribution < -0.4 is 5.32 Å². The molecule has 0 radical (unpaired) electrons. The lowest BCUT2D eigenvalue weighted by atomic mass is 10.2. The first-order chi connectivity index (χ1) is 9.13. The minimum absolute atomic E-state index is 0.231. The Kier molecular flexibility index (Phi) is 4.82. The van der Waals surface area contributed by atoms with Crippen molar-refractivity contribution in [2.24, 2.45) is 0 Å². The van der Waals surface area contributed by atoms with Crippen molar-refractivity contribution in [1.29, 1.82) is 0 Å².